The lowest BCUT2D eigenvalue weighted by Gasteiger charge is -2.40. The highest BCUT2D eigenvalue weighted by molar-refractivity contribution is 5.71. The van der Waals surface area contributed by atoms with Crippen molar-refractivity contribution in [2.75, 3.05) is 0 Å². The molecular formula is C36H41N2+. The van der Waals surface area contributed by atoms with E-state index in [0.29, 0.717) is 11.8 Å². The zero-order valence-corrected chi connectivity index (χ0v) is 23.1. The van der Waals surface area contributed by atoms with E-state index in [1.54, 1.807) is 5.82 Å². The highest BCUT2D eigenvalue weighted by Gasteiger charge is 2.58. The molecule has 2 fully saturated rings. The molecule has 3 aromatic carbocycles. The highest BCUT2D eigenvalue weighted by Crippen LogP contribution is 2.53. The van der Waals surface area contributed by atoms with E-state index in [2.05, 4.69) is 102 Å². The van der Waals surface area contributed by atoms with Gasteiger partial charge in [0.15, 0.2) is 16.9 Å². The van der Waals surface area contributed by atoms with E-state index in [-0.39, 0.29) is 5.54 Å². The molecule has 0 amide bonds. The van der Waals surface area contributed by atoms with Crippen LogP contribution in [0.15, 0.2) is 78.9 Å². The van der Waals surface area contributed by atoms with Crippen LogP contribution in [0.5, 0.6) is 0 Å². The molecule has 2 nitrogen and oxygen atoms in total. The summed E-state index contributed by atoms with van der Waals surface area (Å²) < 4.78 is 5.61. The van der Waals surface area contributed by atoms with Gasteiger partial charge in [0.1, 0.15) is 5.69 Å². The Morgan fingerprint density at radius 2 is 1.32 bits per heavy atom. The monoisotopic (exact) mass is 501 g/mol. The number of nitrogens with zero attached hydrogens (tertiary/aromatic N) is 2. The van der Waals surface area contributed by atoms with Gasteiger partial charge >= 0.3 is 0 Å². The van der Waals surface area contributed by atoms with Crippen molar-refractivity contribution in [1.29, 1.82) is 0 Å². The minimum absolute atomic E-state index is 0.154. The molecule has 1 atom stereocenters. The van der Waals surface area contributed by atoms with Gasteiger partial charge in [0, 0.05) is 29.5 Å². The van der Waals surface area contributed by atoms with Gasteiger partial charge < -0.3 is 0 Å². The Kier molecular flexibility index (Phi) is 6.02. The second-order valence-corrected chi connectivity index (χ2v) is 12.1. The van der Waals surface area contributed by atoms with E-state index < -0.39 is 0 Å². The van der Waals surface area contributed by atoms with Crippen LogP contribution in [-0.2, 0) is 5.54 Å². The van der Waals surface area contributed by atoms with Gasteiger partial charge in [-0.1, -0.05) is 111 Å². The maximum atomic E-state index is 2.92. The molecular weight excluding hydrogens is 460 g/mol. The third kappa shape index (κ3) is 3.42. The molecule has 4 aromatic rings. The van der Waals surface area contributed by atoms with Crippen LogP contribution in [0.1, 0.15) is 98.3 Å². The fourth-order valence-corrected chi connectivity index (χ4v) is 8.45. The van der Waals surface area contributed by atoms with Crippen LogP contribution in [0.3, 0.4) is 0 Å². The molecule has 2 aliphatic carbocycles. The van der Waals surface area contributed by atoms with Crippen molar-refractivity contribution in [2.45, 2.75) is 89.5 Å². The van der Waals surface area contributed by atoms with Crippen LogP contribution < -0.4 is 4.57 Å². The molecule has 0 N–H and O–H groups in total. The molecule has 2 saturated carbocycles. The van der Waals surface area contributed by atoms with Crippen molar-refractivity contribution in [2.24, 2.45) is 5.92 Å². The number of hydrogen-bond acceptors (Lipinski definition) is 0. The zero-order chi connectivity index (χ0) is 25.7. The lowest BCUT2D eigenvalue weighted by Crippen LogP contribution is -2.62. The highest BCUT2D eigenvalue weighted by atomic mass is 15.3. The number of rotatable bonds is 4. The van der Waals surface area contributed by atoms with Crippen molar-refractivity contribution in [3.63, 3.8) is 0 Å². The average molecular weight is 502 g/mol. The summed E-state index contributed by atoms with van der Waals surface area (Å²) in [5, 5.41) is 0. The van der Waals surface area contributed by atoms with E-state index in [4.69, 9.17) is 0 Å². The van der Waals surface area contributed by atoms with Crippen LogP contribution >= 0.6 is 0 Å². The number of imidazole rings is 1. The summed E-state index contributed by atoms with van der Waals surface area (Å²) in [6, 6.07) is 30.1. The second kappa shape index (κ2) is 9.56. The Hall–Kier alpha value is -3.13. The topological polar surface area (TPSA) is 8.81 Å². The summed E-state index contributed by atoms with van der Waals surface area (Å²) in [6.07, 6.45) is 13.3. The van der Waals surface area contributed by atoms with Gasteiger partial charge in [-0.2, -0.15) is 4.57 Å². The van der Waals surface area contributed by atoms with E-state index in [0.717, 1.165) is 0 Å². The van der Waals surface area contributed by atoms with Crippen LogP contribution in [0.25, 0.3) is 16.9 Å². The van der Waals surface area contributed by atoms with E-state index in [9.17, 15) is 0 Å². The Morgan fingerprint density at radius 3 is 2.05 bits per heavy atom. The predicted molar refractivity (Wildman–Crippen MR) is 156 cm³/mol. The third-order valence-electron chi connectivity index (χ3n) is 10.0. The lowest BCUT2D eigenvalue weighted by molar-refractivity contribution is -0.744. The number of aromatic nitrogens is 2. The number of para-hydroxylation sites is 1. The Morgan fingerprint density at radius 1 is 0.684 bits per heavy atom. The largest absolute Gasteiger partial charge is 0.266 e. The number of fused-ring (bicyclic) bond motifs is 3. The minimum atomic E-state index is -0.154. The number of hydrogen-bond donors (Lipinski definition) is 0. The van der Waals surface area contributed by atoms with Gasteiger partial charge in [-0.05, 0) is 44.2 Å². The zero-order valence-electron chi connectivity index (χ0n) is 23.1. The molecule has 38 heavy (non-hydrogen) atoms. The Labute approximate surface area is 228 Å². The first-order valence-electron chi connectivity index (χ1n) is 15.1. The molecule has 1 aliphatic heterocycles. The molecule has 0 bridgehead atoms. The standard InChI is InChI=1S/C36H41N2/c1-26-16-12-15-25-33(26)37-27(2)34-31-23-13-14-24-32(31)36(29-19-8-4-9-20-29,30-21-10-5-11-22-30)38(34)35(37)28-17-6-3-7-18-28/h4,8-9,12-16,19-20,23-25,28,30H,3,5-7,10-11,17-18,21-22H2,1-2H3/q+1. The van der Waals surface area contributed by atoms with Crippen molar-refractivity contribution >= 4 is 0 Å². The SMILES string of the molecule is Cc1ccccc1-n1c(C)c2[n+](c1C1CCCCC1)C(c1ccccc1)(C1CCCCC1)c1ccccc1-2. The van der Waals surface area contributed by atoms with Gasteiger partial charge in [0.25, 0.3) is 5.82 Å². The maximum Gasteiger partial charge on any atom is 0.266 e. The minimum Gasteiger partial charge on any atom is -0.212 e. The van der Waals surface area contributed by atoms with Gasteiger partial charge in [-0.15, -0.1) is 0 Å². The summed E-state index contributed by atoms with van der Waals surface area (Å²) in [5.74, 6) is 2.73. The summed E-state index contributed by atoms with van der Waals surface area (Å²) in [6.45, 7) is 4.68. The van der Waals surface area contributed by atoms with Gasteiger partial charge in [0.2, 0.25) is 0 Å². The van der Waals surface area contributed by atoms with Crippen LogP contribution in [-0.4, -0.2) is 4.57 Å². The molecule has 0 spiro atoms. The first-order chi connectivity index (χ1) is 18.7. The summed E-state index contributed by atoms with van der Waals surface area (Å²) in [7, 11) is 0. The van der Waals surface area contributed by atoms with Crippen LogP contribution in [0.2, 0.25) is 0 Å². The molecule has 7 rings (SSSR count). The summed E-state index contributed by atoms with van der Waals surface area (Å²) in [5.41, 5.74) is 9.88. The number of benzene rings is 3. The van der Waals surface area contributed by atoms with Gasteiger partial charge in [-0.3, -0.25) is 0 Å². The number of aryl methyl sites for hydroxylation is 1. The predicted octanol–water partition coefficient (Wildman–Crippen LogP) is 8.78. The van der Waals surface area contributed by atoms with Crippen LogP contribution in [0.4, 0.5) is 0 Å². The van der Waals surface area contributed by atoms with Crippen molar-refractivity contribution in [3.05, 3.63) is 107 Å². The second-order valence-electron chi connectivity index (χ2n) is 12.1. The van der Waals surface area contributed by atoms with Crippen molar-refractivity contribution in [1.82, 2.24) is 4.57 Å². The fourth-order valence-electron chi connectivity index (χ4n) is 8.45. The van der Waals surface area contributed by atoms with Gasteiger partial charge in [-0.25, -0.2) is 4.57 Å². The normalized spacial score (nSPS) is 21.8. The molecule has 1 aromatic heterocycles. The van der Waals surface area contributed by atoms with Gasteiger partial charge in [0.05, 0.1) is 5.92 Å². The molecule has 0 radical (unpaired) electrons. The van der Waals surface area contributed by atoms with E-state index in [1.165, 1.54) is 104 Å². The lowest BCUT2D eigenvalue weighted by atomic mass is 9.67. The molecule has 194 valence electrons. The molecule has 2 heteroatoms. The first kappa shape index (κ1) is 23.9. The van der Waals surface area contributed by atoms with Crippen molar-refractivity contribution in [3.8, 4) is 16.9 Å². The first-order valence-corrected chi connectivity index (χ1v) is 15.1. The average Bonchev–Trinajstić information content (AvgIpc) is 3.45. The summed E-state index contributed by atoms with van der Waals surface area (Å²) >= 11 is 0. The van der Waals surface area contributed by atoms with Crippen LogP contribution in [0, 0.1) is 19.8 Å². The van der Waals surface area contributed by atoms with Crippen molar-refractivity contribution < 1.29 is 4.57 Å². The molecule has 0 saturated heterocycles. The molecule has 2 heterocycles. The summed E-state index contributed by atoms with van der Waals surface area (Å²) in [4.78, 5) is 0. The molecule has 3 aliphatic rings. The van der Waals surface area contributed by atoms with E-state index in [1.807, 2.05) is 0 Å². The maximum absolute atomic E-state index is 2.92. The molecule has 1 unspecified atom stereocenters. The Balaban J connectivity index is 1.63. The smallest absolute Gasteiger partial charge is 0.212 e. The van der Waals surface area contributed by atoms with E-state index >= 15 is 0 Å². The fraction of sp³-hybridized carbons (Fsp3) is 0.417. The third-order valence-corrected chi connectivity index (χ3v) is 10.0. The Bertz CT molecular complexity index is 1450. The quantitative estimate of drug-likeness (QED) is 0.247.